The SMILES string of the molecule is CCOc1ccc(OCCN2C(=O)N[C@@](C)(c3ccc(C)cc3)C2=O)cc1. The molecule has 3 amide bonds. The fourth-order valence-corrected chi connectivity index (χ4v) is 3.04. The van der Waals surface area contributed by atoms with Crippen molar-refractivity contribution in [3.8, 4) is 11.5 Å². The first-order chi connectivity index (χ1) is 12.9. The molecule has 0 aromatic heterocycles. The van der Waals surface area contributed by atoms with Gasteiger partial charge in [-0.05, 0) is 50.6 Å². The van der Waals surface area contributed by atoms with E-state index in [0.717, 1.165) is 16.9 Å². The molecule has 0 unspecified atom stereocenters. The predicted octanol–water partition coefficient (Wildman–Crippen LogP) is 3.24. The predicted molar refractivity (Wildman–Crippen MR) is 102 cm³/mol. The quantitative estimate of drug-likeness (QED) is 0.762. The average molecular weight is 368 g/mol. The van der Waals surface area contributed by atoms with Crippen molar-refractivity contribution in [3.63, 3.8) is 0 Å². The summed E-state index contributed by atoms with van der Waals surface area (Å²) in [7, 11) is 0. The van der Waals surface area contributed by atoms with E-state index in [9.17, 15) is 9.59 Å². The third-order valence-electron chi connectivity index (χ3n) is 4.62. The standard InChI is InChI=1S/C21H24N2O4/c1-4-26-17-9-11-18(12-10-17)27-14-13-23-19(24)21(3,22-20(23)25)16-7-5-15(2)6-8-16/h5-12H,4,13-14H2,1-3H3,(H,22,25)/t21-/m0/s1. The Bertz CT molecular complexity index is 817. The second kappa shape index (κ2) is 7.70. The van der Waals surface area contributed by atoms with Gasteiger partial charge < -0.3 is 14.8 Å². The molecule has 0 spiro atoms. The Balaban J connectivity index is 1.61. The summed E-state index contributed by atoms with van der Waals surface area (Å²) >= 11 is 0. The van der Waals surface area contributed by atoms with Crippen LogP contribution in [-0.4, -0.2) is 36.6 Å². The highest BCUT2D eigenvalue weighted by atomic mass is 16.5. The highest BCUT2D eigenvalue weighted by Crippen LogP contribution is 2.29. The van der Waals surface area contributed by atoms with Crippen LogP contribution in [0, 0.1) is 6.92 Å². The smallest absolute Gasteiger partial charge is 0.325 e. The molecular weight excluding hydrogens is 344 g/mol. The normalized spacial score (nSPS) is 19.1. The number of nitrogens with one attached hydrogen (secondary N) is 1. The molecule has 1 heterocycles. The van der Waals surface area contributed by atoms with Crippen LogP contribution in [0.5, 0.6) is 11.5 Å². The van der Waals surface area contributed by atoms with Crippen LogP contribution in [0.2, 0.25) is 0 Å². The molecule has 0 radical (unpaired) electrons. The van der Waals surface area contributed by atoms with Crippen LogP contribution in [0.15, 0.2) is 48.5 Å². The van der Waals surface area contributed by atoms with Gasteiger partial charge in [-0.2, -0.15) is 0 Å². The van der Waals surface area contributed by atoms with Gasteiger partial charge in [-0.25, -0.2) is 4.79 Å². The minimum Gasteiger partial charge on any atom is -0.494 e. The van der Waals surface area contributed by atoms with Gasteiger partial charge in [0, 0.05) is 0 Å². The van der Waals surface area contributed by atoms with Crippen LogP contribution in [0.25, 0.3) is 0 Å². The third-order valence-corrected chi connectivity index (χ3v) is 4.62. The maximum Gasteiger partial charge on any atom is 0.325 e. The molecule has 0 bridgehead atoms. The number of nitrogens with zero attached hydrogens (tertiary/aromatic N) is 1. The highest BCUT2D eigenvalue weighted by Gasteiger charge is 2.48. The van der Waals surface area contributed by atoms with E-state index in [4.69, 9.17) is 9.47 Å². The van der Waals surface area contributed by atoms with Crippen molar-refractivity contribution >= 4 is 11.9 Å². The maximum atomic E-state index is 12.9. The molecular formula is C21H24N2O4. The maximum absolute atomic E-state index is 12.9. The first-order valence-electron chi connectivity index (χ1n) is 9.01. The van der Waals surface area contributed by atoms with Gasteiger partial charge in [-0.15, -0.1) is 0 Å². The molecule has 1 fully saturated rings. The van der Waals surface area contributed by atoms with E-state index in [1.54, 1.807) is 19.1 Å². The molecule has 142 valence electrons. The van der Waals surface area contributed by atoms with Crippen LogP contribution in [0.1, 0.15) is 25.0 Å². The zero-order valence-electron chi connectivity index (χ0n) is 15.8. The van der Waals surface area contributed by atoms with Gasteiger partial charge in [-0.3, -0.25) is 9.69 Å². The van der Waals surface area contributed by atoms with E-state index in [1.165, 1.54) is 4.90 Å². The zero-order valence-corrected chi connectivity index (χ0v) is 15.8. The molecule has 1 aliphatic heterocycles. The van der Waals surface area contributed by atoms with Crippen LogP contribution in [0.3, 0.4) is 0 Å². The topological polar surface area (TPSA) is 67.9 Å². The van der Waals surface area contributed by atoms with E-state index in [0.29, 0.717) is 12.4 Å². The Hall–Kier alpha value is -3.02. The molecule has 2 aromatic rings. The van der Waals surface area contributed by atoms with E-state index < -0.39 is 11.6 Å². The van der Waals surface area contributed by atoms with Crippen molar-refractivity contribution in [1.29, 1.82) is 0 Å². The number of carbonyl (C=O) groups is 2. The molecule has 1 aliphatic rings. The lowest BCUT2D eigenvalue weighted by molar-refractivity contribution is -0.131. The van der Waals surface area contributed by atoms with Crippen molar-refractivity contribution in [1.82, 2.24) is 10.2 Å². The van der Waals surface area contributed by atoms with Gasteiger partial charge >= 0.3 is 6.03 Å². The number of aryl methyl sites for hydroxylation is 1. The summed E-state index contributed by atoms with van der Waals surface area (Å²) < 4.78 is 11.0. The summed E-state index contributed by atoms with van der Waals surface area (Å²) in [6, 6.07) is 14.4. The van der Waals surface area contributed by atoms with Crippen LogP contribution >= 0.6 is 0 Å². The molecule has 6 nitrogen and oxygen atoms in total. The van der Waals surface area contributed by atoms with Gasteiger partial charge in [-0.1, -0.05) is 29.8 Å². The van der Waals surface area contributed by atoms with Gasteiger partial charge in [0.1, 0.15) is 23.6 Å². The number of benzene rings is 2. The Morgan fingerprint density at radius 2 is 1.56 bits per heavy atom. The number of imide groups is 1. The first kappa shape index (κ1) is 18.8. The minimum absolute atomic E-state index is 0.180. The lowest BCUT2D eigenvalue weighted by Gasteiger charge is -2.22. The zero-order chi connectivity index (χ0) is 19.4. The first-order valence-corrected chi connectivity index (χ1v) is 9.01. The number of hydrogen-bond donors (Lipinski definition) is 1. The van der Waals surface area contributed by atoms with Crippen molar-refractivity contribution in [3.05, 3.63) is 59.7 Å². The Labute approximate surface area is 159 Å². The second-order valence-corrected chi connectivity index (χ2v) is 6.63. The Morgan fingerprint density at radius 1 is 0.963 bits per heavy atom. The number of amides is 3. The third kappa shape index (κ3) is 3.89. The molecule has 0 aliphatic carbocycles. The van der Waals surface area contributed by atoms with Gasteiger partial charge in [0.25, 0.3) is 5.91 Å². The number of rotatable bonds is 7. The second-order valence-electron chi connectivity index (χ2n) is 6.63. The van der Waals surface area contributed by atoms with Gasteiger partial charge in [0.15, 0.2) is 0 Å². The Kier molecular flexibility index (Phi) is 5.35. The summed E-state index contributed by atoms with van der Waals surface area (Å²) in [6.45, 7) is 6.63. The summed E-state index contributed by atoms with van der Waals surface area (Å²) in [5.74, 6) is 1.16. The van der Waals surface area contributed by atoms with Gasteiger partial charge in [0.05, 0.1) is 13.2 Å². The van der Waals surface area contributed by atoms with E-state index in [-0.39, 0.29) is 19.1 Å². The fourth-order valence-electron chi connectivity index (χ4n) is 3.04. The van der Waals surface area contributed by atoms with Crippen LogP contribution in [-0.2, 0) is 10.3 Å². The summed E-state index contributed by atoms with van der Waals surface area (Å²) in [5.41, 5.74) is 0.810. The summed E-state index contributed by atoms with van der Waals surface area (Å²) in [6.07, 6.45) is 0. The molecule has 27 heavy (non-hydrogen) atoms. The molecule has 2 aromatic carbocycles. The molecule has 1 atom stereocenters. The van der Waals surface area contributed by atoms with E-state index >= 15 is 0 Å². The average Bonchev–Trinajstić information content (AvgIpc) is 2.88. The minimum atomic E-state index is -1.05. The van der Waals surface area contributed by atoms with E-state index in [1.807, 2.05) is 50.2 Å². The van der Waals surface area contributed by atoms with Gasteiger partial charge in [0.2, 0.25) is 0 Å². The number of urea groups is 1. The molecule has 6 heteroatoms. The van der Waals surface area contributed by atoms with Crippen molar-refractivity contribution in [2.75, 3.05) is 19.8 Å². The summed E-state index contributed by atoms with van der Waals surface area (Å²) in [5, 5.41) is 2.80. The molecule has 1 N–H and O–H groups in total. The number of ether oxygens (including phenoxy) is 2. The molecule has 3 rings (SSSR count). The lowest BCUT2D eigenvalue weighted by atomic mass is 9.91. The van der Waals surface area contributed by atoms with Crippen LogP contribution < -0.4 is 14.8 Å². The van der Waals surface area contributed by atoms with Crippen LogP contribution in [0.4, 0.5) is 4.79 Å². The van der Waals surface area contributed by atoms with Crippen molar-refractivity contribution < 1.29 is 19.1 Å². The molecule has 1 saturated heterocycles. The lowest BCUT2D eigenvalue weighted by Crippen LogP contribution is -2.41. The number of hydrogen-bond acceptors (Lipinski definition) is 4. The fraction of sp³-hybridized carbons (Fsp3) is 0.333. The highest BCUT2D eigenvalue weighted by molar-refractivity contribution is 6.07. The van der Waals surface area contributed by atoms with E-state index in [2.05, 4.69) is 5.32 Å². The summed E-state index contributed by atoms with van der Waals surface area (Å²) in [4.78, 5) is 26.4. The Morgan fingerprint density at radius 3 is 2.15 bits per heavy atom. The van der Waals surface area contributed by atoms with Crippen molar-refractivity contribution in [2.24, 2.45) is 0 Å². The number of carbonyl (C=O) groups excluding carboxylic acids is 2. The largest absolute Gasteiger partial charge is 0.494 e. The molecule has 0 saturated carbocycles. The van der Waals surface area contributed by atoms with Crippen molar-refractivity contribution in [2.45, 2.75) is 26.3 Å². The monoisotopic (exact) mass is 368 g/mol.